The molecule has 3 heterocycles. The number of anilines is 2. The van der Waals surface area contributed by atoms with E-state index in [1.54, 1.807) is 20.8 Å². The lowest BCUT2D eigenvalue weighted by atomic mass is 10.2. The van der Waals surface area contributed by atoms with E-state index in [1.807, 2.05) is 0 Å². The fourth-order valence-electron chi connectivity index (χ4n) is 3.85. The molecule has 0 saturated carbocycles. The van der Waals surface area contributed by atoms with Gasteiger partial charge in [-0.2, -0.15) is 13.2 Å². The van der Waals surface area contributed by atoms with Crippen molar-refractivity contribution in [2.24, 2.45) is 0 Å². The van der Waals surface area contributed by atoms with Crippen molar-refractivity contribution < 1.29 is 49.8 Å². The highest BCUT2D eigenvalue weighted by atomic mass is 19.4. The first-order valence-corrected chi connectivity index (χ1v) is 12.3. The van der Waals surface area contributed by atoms with E-state index >= 15 is 0 Å². The van der Waals surface area contributed by atoms with Crippen LogP contribution >= 0.6 is 0 Å². The average molecular weight is 602 g/mol. The second-order valence-corrected chi connectivity index (χ2v) is 10.0. The Morgan fingerprint density at radius 2 is 1.71 bits per heavy atom. The minimum atomic E-state index is -5.21. The largest absolute Gasteiger partial charge is 0.573 e. The number of aromatic nitrogens is 3. The number of halogens is 6. The summed E-state index contributed by atoms with van der Waals surface area (Å²) in [5, 5.41) is 5.18. The quantitative estimate of drug-likeness (QED) is 0.340. The third-order valence-corrected chi connectivity index (χ3v) is 5.53. The number of hydrogen-bond acceptors (Lipinski definition) is 9. The van der Waals surface area contributed by atoms with Crippen molar-refractivity contribution in [3.8, 4) is 17.2 Å². The zero-order valence-electron chi connectivity index (χ0n) is 22.3. The maximum Gasteiger partial charge on any atom is 0.573 e. The summed E-state index contributed by atoms with van der Waals surface area (Å²) >= 11 is 0. The molecular formula is C25H24F6N6O5. The number of benzene rings is 1. The molecule has 226 valence electrons. The van der Waals surface area contributed by atoms with Crippen LogP contribution in [-0.4, -0.2) is 62.9 Å². The molecule has 1 aromatic carbocycles. The molecule has 1 atom stereocenters. The molecule has 3 aromatic rings. The van der Waals surface area contributed by atoms with Crippen LogP contribution in [0.2, 0.25) is 0 Å². The zero-order valence-corrected chi connectivity index (χ0v) is 22.3. The van der Waals surface area contributed by atoms with Gasteiger partial charge >= 0.3 is 18.6 Å². The summed E-state index contributed by atoms with van der Waals surface area (Å²) in [6, 6.07) is 4.03. The number of nitrogens with one attached hydrogen (secondary N) is 2. The maximum absolute atomic E-state index is 13.7. The van der Waals surface area contributed by atoms with Crippen LogP contribution < -0.4 is 15.4 Å². The Bertz CT molecular complexity index is 1440. The molecule has 42 heavy (non-hydrogen) atoms. The van der Waals surface area contributed by atoms with Gasteiger partial charge in [-0.05, 0) is 39.3 Å². The third-order valence-electron chi connectivity index (χ3n) is 5.53. The van der Waals surface area contributed by atoms with Crippen molar-refractivity contribution in [1.82, 2.24) is 19.9 Å². The van der Waals surface area contributed by atoms with E-state index in [-0.39, 0.29) is 17.7 Å². The predicted octanol–water partition coefficient (Wildman–Crippen LogP) is 5.72. The SMILES string of the molecule is CC(C)(C)OC(=O)N1CCC(Nc2ncc(NC(=O)c3nc(-c4ccccc4OC(F)(F)F)oc3C(F)(F)F)cn2)C1. The molecule has 4 rings (SSSR count). The van der Waals surface area contributed by atoms with Crippen LogP contribution in [-0.2, 0) is 10.9 Å². The molecule has 1 aliphatic rings. The fraction of sp³-hybridized carbons (Fsp3) is 0.400. The second kappa shape index (κ2) is 11.4. The summed E-state index contributed by atoms with van der Waals surface area (Å²) in [4.78, 5) is 38.1. The molecule has 0 bridgehead atoms. The summed E-state index contributed by atoms with van der Waals surface area (Å²) in [6.07, 6.45) is -8.00. The number of carbonyl (C=O) groups excluding carboxylic acids is 2. The number of ether oxygens (including phenoxy) is 2. The van der Waals surface area contributed by atoms with Crippen molar-refractivity contribution in [1.29, 1.82) is 0 Å². The van der Waals surface area contributed by atoms with Gasteiger partial charge in [0.15, 0.2) is 5.69 Å². The smallest absolute Gasteiger partial charge is 0.444 e. The molecule has 1 fully saturated rings. The van der Waals surface area contributed by atoms with Gasteiger partial charge in [0.2, 0.25) is 17.6 Å². The number of oxazole rings is 1. The Balaban J connectivity index is 1.46. The van der Waals surface area contributed by atoms with E-state index in [9.17, 15) is 35.9 Å². The van der Waals surface area contributed by atoms with E-state index < -0.39 is 58.8 Å². The minimum absolute atomic E-state index is 0.106. The van der Waals surface area contributed by atoms with Gasteiger partial charge in [-0.3, -0.25) is 4.79 Å². The van der Waals surface area contributed by atoms with Crippen LogP contribution in [0.15, 0.2) is 41.1 Å². The maximum atomic E-state index is 13.7. The monoisotopic (exact) mass is 602 g/mol. The van der Waals surface area contributed by atoms with E-state index in [0.29, 0.717) is 19.5 Å². The van der Waals surface area contributed by atoms with Crippen molar-refractivity contribution in [2.45, 2.75) is 51.4 Å². The summed E-state index contributed by atoms with van der Waals surface area (Å²) < 4.78 is 93.2. The predicted molar refractivity (Wildman–Crippen MR) is 133 cm³/mol. The van der Waals surface area contributed by atoms with E-state index in [4.69, 9.17) is 9.15 Å². The molecule has 2 aromatic heterocycles. The van der Waals surface area contributed by atoms with Gasteiger partial charge < -0.3 is 29.4 Å². The van der Waals surface area contributed by atoms with Crippen LogP contribution in [0.3, 0.4) is 0 Å². The number of hydrogen-bond donors (Lipinski definition) is 2. The van der Waals surface area contributed by atoms with Gasteiger partial charge in [0.1, 0.15) is 11.4 Å². The lowest BCUT2D eigenvalue weighted by Gasteiger charge is -2.24. The van der Waals surface area contributed by atoms with Crippen LogP contribution in [0.25, 0.3) is 11.5 Å². The highest BCUT2D eigenvalue weighted by Crippen LogP contribution is 2.39. The summed E-state index contributed by atoms with van der Waals surface area (Å²) in [7, 11) is 0. The number of rotatable bonds is 6. The van der Waals surface area contributed by atoms with E-state index in [2.05, 4.69) is 30.3 Å². The number of likely N-dealkylation sites (tertiary alicyclic amines) is 1. The Morgan fingerprint density at radius 3 is 2.33 bits per heavy atom. The zero-order chi connectivity index (χ0) is 30.9. The number of carbonyl (C=O) groups is 2. The van der Waals surface area contributed by atoms with Crippen LogP contribution in [0.5, 0.6) is 5.75 Å². The van der Waals surface area contributed by atoms with Crippen molar-refractivity contribution in [3.05, 3.63) is 48.1 Å². The Morgan fingerprint density at radius 1 is 1.05 bits per heavy atom. The van der Waals surface area contributed by atoms with Gasteiger partial charge in [-0.25, -0.2) is 19.7 Å². The number of nitrogens with zero attached hydrogens (tertiary/aromatic N) is 4. The lowest BCUT2D eigenvalue weighted by Crippen LogP contribution is -2.36. The highest BCUT2D eigenvalue weighted by molar-refractivity contribution is 6.03. The van der Waals surface area contributed by atoms with Gasteiger partial charge in [-0.15, -0.1) is 13.2 Å². The number of amides is 2. The Labute approximate surface area is 234 Å². The van der Waals surface area contributed by atoms with Crippen LogP contribution in [0, 0.1) is 0 Å². The van der Waals surface area contributed by atoms with Crippen molar-refractivity contribution in [3.63, 3.8) is 0 Å². The first-order valence-electron chi connectivity index (χ1n) is 12.3. The van der Waals surface area contributed by atoms with E-state index in [1.165, 1.54) is 11.0 Å². The minimum Gasteiger partial charge on any atom is -0.444 e. The molecule has 11 nitrogen and oxygen atoms in total. The number of para-hydroxylation sites is 1. The third kappa shape index (κ3) is 7.79. The summed E-state index contributed by atoms with van der Waals surface area (Å²) in [5.74, 6) is -4.86. The van der Waals surface area contributed by atoms with Gasteiger partial charge in [0, 0.05) is 19.1 Å². The molecule has 0 spiro atoms. The highest BCUT2D eigenvalue weighted by Gasteiger charge is 2.42. The van der Waals surface area contributed by atoms with Crippen LogP contribution in [0.4, 0.5) is 42.8 Å². The average Bonchev–Trinajstić information content (AvgIpc) is 3.51. The van der Waals surface area contributed by atoms with Gasteiger partial charge in [0.25, 0.3) is 5.91 Å². The Kier molecular flexibility index (Phi) is 8.22. The number of alkyl halides is 6. The molecule has 0 aliphatic carbocycles. The molecule has 2 amide bonds. The van der Waals surface area contributed by atoms with E-state index in [0.717, 1.165) is 30.6 Å². The normalized spacial score (nSPS) is 15.8. The van der Waals surface area contributed by atoms with Gasteiger partial charge in [-0.1, -0.05) is 12.1 Å². The lowest BCUT2D eigenvalue weighted by molar-refractivity contribution is -0.274. The first kappa shape index (κ1) is 30.4. The van der Waals surface area contributed by atoms with Crippen molar-refractivity contribution >= 4 is 23.6 Å². The summed E-state index contributed by atoms with van der Waals surface area (Å²) in [5.41, 5.74) is -2.54. The molecule has 1 saturated heterocycles. The molecule has 0 radical (unpaired) electrons. The topological polar surface area (TPSA) is 132 Å². The standard InChI is InChI=1S/C25H24F6N6O5/c1-23(2,3)42-22(39)37-9-8-13(12-37)35-21-32-10-14(11-33-21)34-19(38)17-18(24(26,27)28)40-20(36-17)15-6-4-5-7-16(15)41-25(29,30)31/h4-7,10-11,13H,8-9,12H2,1-3H3,(H,34,38)(H,32,33,35). The van der Waals surface area contributed by atoms with Gasteiger partial charge in [0.05, 0.1) is 23.6 Å². The Hall–Kier alpha value is -4.57. The van der Waals surface area contributed by atoms with Crippen molar-refractivity contribution in [2.75, 3.05) is 23.7 Å². The summed E-state index contributed by atoms with van der Waals surface area (Å²) in [6.45, 7) is 6.02. The van der Waals surface area contributed by atoms with Crippen LogP contribution in [0.1, 0.15) is 43.4 Å². The molecule has 1 aliphatic heterocycles. The second-order valence-electron chi connectivity index (χ2n) is 10.0. The molecular weight excluding hydrogens is 578 g/mol. The molecule has 1 unspecified atom stereocenters. The molecule has 17 heteroatoms. The molecule has 2 N–H and O–H groups in total. The fourth-order valence-corrected chi connectivity index (χ4v) is 3.85. The first-order chi connectivity index (χ1) is 19.5.